The van der Waals surface area contributed by atoms with Crippen molar-refractivity contribution in [2.75, 3.05) is 13.1 Å². The molecule has 1 aromatic rings. The van der Waals surface area contributed by atoms with E-state index < -0.39 is 110 Å². The average molecular weight is 810 g/mol. The van der Waals surface area contributed by atoms with Crippen LogP contribution in [0.3, 0.4) is 0 Å². The quantitative estimate of drug-likeness (QED) is 0.0250. The van der Waals surface area contributed by atoms with Gasteiger partial charge in [-0.05, 0) is 75.1 Å². The van der Waals surface area contributed by atoms with Crippen LogP contribution in [0.4, 0.5) is 15.3 Å². The molecule has 0 aliphatic carbocycles. The summed E-state index contributed by atoms with van der Waals surface area (Å²) < 4.78 is 0. The normalized spacial score (nSPS) is 12.5. The molecule has 312 valence electrons. The van der Waals surface area contributed by atoms with Crippen LogP contribution in [0.15, 0.2) is 23.3 Å². The van der Waals surface area contributed by atoms with E-state index in [1.54, 1.807) is 0 Å². The Morgan fingerprint density at radius 1 is 0.526 bits per heavy atom. The van der Waals surface area contributed by atoms with E-state index >= 15 is 0 Å². The molecule has 0 aliphatic heterocycles. The summed E-state index contributed by atoms with van der Waals surface area (Å²) in [5.41, 5.74) is 8.65. The van der Waals surface area contributed by atoms with Gasteiger partial charge in [0.15, 0.2) is 0 Å². The molecule has 1 aromatic carbocycles. The van der Waals surface area contributed by atoms with E-state index in [2.05, 4.69) is 31.3 Å². The summed E-state index contributed by atoms with van der Waals surface area (Å²) in [4.78, 5) is 120. The van der Waals surface area contributed by atoms with Crippen LogP contribution in [0.25, 0.3) is 10.4 Å². The van der Waals surface area contributed by atoms with Gasteiger partial charge in [-0.3, -0.25) is 19.2 Å². The highest BCUT2D eigenvalue weighted by molar-refractivity contribution is 6.01. The Kier molecular flexibility index (Phi) is 21.0. The molecule has 4 atom stereocenters. The van der Waals surface area contributed by atoms with E-state index in [1.165, 1.54) is 18.2 Å². The average Bonchev–Trinajstić information content (AvgIpc) is 3.12. The fraction of sp³-hybridized carbons (Fsp3) is 0.500. The zero-order valence-electron chi connectivity index (χ0n) is 30.1. The Labute approximate surface area is 322 Å². The summed E-state index contributed by atoms with van der Waals surface area (Å²) in [5.74, 6) is -9.86. The molecule has 0 bridgehead atoms. The lowest BCUT2D eigenvalue weighted by Crippen LogP contribution is -2.51. The number of nitrogens with zero attached hydrogens (tertiary/aromatic N) is 3. The van der Waals surface area contributed by atoms with Crippen molar-refractivity contribution in [3.05, 3.63) is 39.8 Å². The fourth-order valence-electron chi connectivity index (χ4n) is 4.82. The smallest absolute Gasteiger partial charge is 0.326 e. The van der Waals surface area contributed by atoms with E-state index in [4.69, 9.17) is 26.0 Å². The van der Waals surface area contributed by atoms with Crippen molar-refractivity contribution in [3.63, 3.8) is 0 Å². The Morgan fingerprint density at radius 3 is 1.16 bits per heavy atom. The molecular formula is C32H43N9O16. The van der Waals surface area contributed by atoms with Gasteiger partial charge in [-0.2, -0.15) is 0 Å². The molecular weight excluding hydrogens is 766 g/mol. The largest absolute Gasteiger partial charge is 0.481 e. The first-order chi connectivity index (χ1) is 26.8. The van der Waals surface area contributed by atoms with Gasteiger partial charge in [-0.1, -0.05) is 5.11 Å². The van der Waals surface area contributed by atoms with Gasteiger partial charge in [0, 0.05) is 47.7 Å². The Balaban J connectivity index is 2.69. The van der Waals surface area contributed by atoms with Gasteiger partial charge in [-0.25, -0.2) is 28.8 Å². The number of urea groups is 2. The molecule has 6 amide bonds. The van der Waals surface area contributed by atoms with Gasteiger partial charge in [0.2, 0.25) is 0 Å². The van der Waals surface area contributed by atoms with Crippen LogP contribution in [-0.4, -0.2) is 128 Å². The van der Waals surface area contributed by atoms with Gasteiger partial charge in [0.05, 0.1) is 0 Å². The SMILES string of the molecule is [N-]=[N+]=Nc1cc(C(=O)NCCCCC(NC(=O)NC(CCC(=O)O)C(=O)O)C(=O)O)cc(C(=O)NCCCCC(NC(=O)NC(CCC(=O)O)C(=O)O)C(=O)O)c1. The second-order valence-corrected chi connectivity index (χ2v) is 12.1. The highest BCUT2D eigenvalue weighted by atomic mass is 16.4. The molecule has 0 heterocycles. The number of carbonyl (C=O) groups excluding carboxylic acids is 4. The van der Waals surface area contributed by atoms with Crippen molar-refractivity contribution < 1.29 is 78.6 Å². The second kappa shape index (κ2) is 25.0. The maximum atomic E-state index is 12.9. The lowest BCUT2D eigenvalue weighted by Gasteiger charge is -2.18. The summed E-state index contributed by atoms with van der Waals surface area (Å²) in [7, 11) is 0. The molecule has 0 saturated carbocycles. The summed E-state index contributed by atoms with van der Waals surface area (Å²) in [6.07, 6.45) is -1.52. The molecule has 0 aliphatic rings. The van der Waals surface area contributed by atoms with Crippen LogP contribution in [0.2, 0.25) is 0 Å². The zero-order chi connectivity index (χ0) is 43.1. The third-order valence-electron chi connectivity index (χ3n) is 7.72. The number of rotatable bonds is 27. The first-order valence-electron chi connectivity index (χ1n) is 17.1. The van der Waals surface area contributed by atoms with Crippen LogP contribution in [0.5, 0.6) is 0 Å². The van der Waals surface area contributed by atoms with Crippen molar-refractivity contribution in [3.8, 4) is 0 Å². The molecule has 0 spiro atoms. The Hall–Kier alpha value is -7.17. The number of carboxylic acid groups (broad SMARTS) is 6. The van der Waals surface area contributed by atoms with Gasteiger partial charge in [-0.15, -0.1) is 0 Å². The predicted molar refractivity (Wildman–Crippen MR) is 190 cm³/mol. The highest BCUT2D eigenvalue weighted by Gasteiger charge is 2.26. The third-order valence-corrected chi connectivity index (χ3v) is 7.72. The summed E-state index contributed by atoms with van der Waals surface area (Å²) in [6.45, 7) is -0.000719. The summed E-state index contributed by atoms with van der Waals surface area (Å²) in [5, 5.41) is 71.5. The molecule has 12 N–H and O–H groups in total. The first kappa shape index (κ1) is 47.9. The number of unbranched alkanes of at least 4 members (excludes halogenated alkanes) is 2. The van der Waals surface area contributed by atoms with Gasteiger partial charge >= 0.3 is 47.9 Å². The number of carboxylic acids is 6. The van der Waals surface area contributed by atoms with Crippen molar-refractivity contribution in [1.82, 2.24) is 31.9 Å². The topological polar surface area (TPSA) is 413 Å². The van der Waals surface area contributed by atoms with Crippen molar-refractivity contribution in [1.29, 1.82) is 0 Å². The first-order valence-corrected chi connectivity index (χ1v) is 17.1. The summed E-state index contributed by atoms with van der Waals surface area (Å²) >= 11 is 0. The van der Waals surface area contributed by atoms with E-state index in [9.17, 15) is 58.2 Å². The van der Waals surface area contributed by atoms with Crippen molar-refractivity contribution in [2.45, 2.75) is 88.4 Å². The monoisotopic (exact) mass is 809 g/mol. The van der Waals surface area contributed by atoms with Crippen LogP contribution >= 0.6 is 0 Å². The number of carbonyl (C=O) groups is 10. The van der Waals surface area contributed by atoms with Gasteiger partial charge < -0.3 is 62.5 Å². The fourth-order valence-corrected chi connectivity index (χ4v) is 4.82. The van der Waals surface area contributed by atoms with Gasteiger partial charge in [0.1, 0.15) is 24.2 Å². The zero-order valence-corrected chi connectivity index (χ0v) is 30.1. The molecule has 0 radical (unpaired) electrons. The van der Waals surface area contributed by atoms with Crippen molar-refractivity contribution in [2.24, 2.45) is 5.11 Å². The maximum Gasteiger partial charge on any atom is 0.326 e. The molecule has 0 saturated heterocycles. The minimum atomic E-state index is -1.57. The van der Waals surface area contributed by atoms with Crippen LogP contribution < -0.4 is 31.9 Å². The molecule has 0 aromatic heterocycles. The maximum absolute atomic E-state index is 12.9. The number of hydrogen-bond acceptors (Lipinski definition) is 11. The van der Waals surface area contributed by atoms with Crippen LogP contribution in [0.1, 0.15) is 84.9 Å². The van der Waals surface area contributed by atoms with Gasteiger partial charge in [0.25, 0.3) is 11.8 Å². The molecule has 4 unspecified atom stereocenters. The number of amides is 6. The molecule has 0 fully saturated rings. The van der Waals surface area contributed by atoms with Crippen molar-refractivity contribution >= 4 is 65.4 Å². The van der Waals surface area contributed by atoms with Crippen LogP contribution in [-0.2, 0) is 28.8 Å². The second-order valence-electron chi connectivity index (χ2n) is 12.1. The standard InChI is InChI=1S/C32H43N9O16/c33-41-40-18-14-16(25(46)34-11-3-1-5-19(27(48)49)36-31(56)38-21(29(52)53)7-9-23(42)43)13-17(15-18)26(47)35-12-4-2-6-20(28(50)51)37-32(57)39-22(30(54)55)8-10-24(44)45/h13-15,19-22H,1-12H2,(H,34,46)(H,35,47)(H,42,43)(H,44,45)(H,48,49)(H,50,51)(H,52,53)(H,54,55)(H2,36,38,56)(H2,37,39,57). The lowest BCUT2D eigenvalue weighted by atomic mass is 10.1. The number of aliphatic carboxylic acids is 6. The van der Waals surface area contributed by atoms with E-state index in [0.717, 1.165) is 0 Å². The third kappa shape index (κ3) is 19.6. The van der Waals surface area contributed by atoms with E-state index in [-0.39, 0.29) is 68.4 Å². The minimum Gasteiger partial charge on any atom is -0.481 e. The predicted octanol–water partition coefficient (Wildman–Crippen LogP) is 0.569. The number of benzene rings is 1. The number of azide groups is 1. The number of nitrogens with one attached hydrogen (secondary N) is 6. The highest BCUT2D eigenvalue weighted by Crippen LogP contribution is 2.19. The molecule has 1 rings (SSSR count). The minimum absolute atomic E-state index is 0.000360. The molecule has 57 heavy (non-hydrogen) atoms. The lowest BCUT2D eigenvalue weighted by molar-refractivity contribution is -0.142. The summed E-state index contributed by atoms with van der Waals surface area (Å²) in [6, 6.07) is -4.71. The van der Waals surface area contributed by atoms with E-state index in [1.807, 2.05) is 10.6 Å². The molecule has 25 nitrogen and oxygen atoms in total. The van der Waals surface area contributed by atoms with E-state index in [0.29, 0.717) is 0 Å². The number of hydrogen-bond donors (Lipinski definition) is 12. The Bertz CT molecular complexity index is 1610. The van der Waals surface area contributed by atoms with Crippen LogP contribution in [0, 0.1) is 0 Å². The molecule has 25 heteroatoms. The Morgan fingerprint density at radius 2 is 0.860 bits per heavy atom.